The maximum absolute atomic E-state index is 6.32. The van der Waals surface area contributed by atoms with Crippen LogP contribution in [0.1, 0.15) is 56.7 Å². The molecular weight excluding hydrogens is 306 g/mol. The summed E-state index contributed by atoms with van der Waals surface area (Å²) in [4.78, 5) is 0. The van der Waals surface area contributed by atoms with Gasteiger partial charge in [0.15, 0.2) is 11.5 Å². The quantitative estimate of drug-likeness (QED) is 0.903. The van der Waals surface area contributed by atoms with E-state index in [0.717, 1.165) is 34.4 Å². The van der Waals surface area contributed by atoms with Crippen molar-refractivity contribution >= 4 is 15.9 Å². The highest BCUT2D eigenvalue weighted by Crippen LogP contribution is 2.48. The molecule has 0 spiro atoms. The van der Waals surface area contributed by atoms with Crippen molar-refractivity contribution in [2.45, 2.75) is 45.6 Å². The van der Waals surface area contributed by atoms with Crippen molar-refractivity contribution in [2.24, 2.45) is 5.73 Å². The second-order valence-electron chi connectivity index (χ2n) is 4.96. The minimum absolute atomic E-state index is 0.0319. The minimum Gasteiger partial charge on any atom is -0.490 e. The Bertz CT molecular complexity index is 462. The molecule has 2 atom stereocenters. The first-order chi connectivity index (χ1) is 9.10. The number of rotatable bonds is 4. The van der Waals surface area contributed by atoms with E-state index in [0.29, 0.717) is 19.1 Å². The lowest BCUT2D eigenvalue weighted by Crippen LogP contribution is -2.21. The molecule has 4 heteroatoms. The smallest absolute Gasteiger partial charge is 0.166 e. The first kappa shape index (κ1) is 14.7. The first-order valence-electron chi connectivity index (χ1n) is 6.97. The van der Waals surface area contributed by atoms with Gasteiger partial charge < -0.3 is 15.2 Å². The van der Waals surface area contributed by atoms with Crippen molar-refractivity contribution in [2.75, 3.05) is 13.2 Å². The Balaban J connectivity index is 2.62. The van der Waals surface area contributed by atoms with Crippen molar-refractivity contribution in [1.82, 2.24) is 0 Å². The van der Waals surface area contributed by atoms with Crippen LogP contribution in [-0.2, 0) is 0 Å². The van der Waals surface area contributed by atoms with Crippen molar-refractivity contribution in [3.05, 3.63) is 21.7 Å². The normalized spacial score (nSPS) is 21.9. The van der Waals surface area contributed by atoms with Crippen LogP contribution in [0.2, 0.25) is 0 Å². The van der Waals surface area contributed by atoms with E-state index in [2.05, 4.69) is 22.9 Å². The lowest BCUT2D eigenvalue weighted by Gasteiger charge is -2.31. The summed E-state index contributed by atoms with van der Waals surface area (Å²) in [6, 6.07) is 2.05. The molecule has 0 radical (unpaired) electrons. The molecule has 1 unspecified atom stereocenters. The van der Waals surface area contributed by atoms with Crippen molar-refractivity contribution in [3.8, 4) is 11.5 Å². The molecule has 3 nitrogen and oxygen atoms in total. The van der Waals surface area contributed by atoms with Crippen molar-refractivity contribution in [1.29, 1.82) is 0 Å². The molecule has 19 heavy (non-hydrogen) atoms. The fourth-order valence-corrected chi connectivity index (χ4v) is 3.60. The summed E-state index contributed by atoms with van der Waals surface area (Å²) in [5, 5.41) is 0. The molecule has 1 aliphatic rings. The number of ether oxygens (including phenoxy) is 2. The lowest BCUT2D eigenvalue weighted by atomic mass is 9.80. The van der Waals surface area contributed by atoms with Crippen LogP contribution in [0.4, 0.5) is 0 Å². The van der Waals surface area contributed by atoms with Gasteiger partial charge in [0.2, 0.25) is 0 Å². The number of nitrogens with two attached hydrogens (primary N) is 1. The maximum Gasteiger partial charge on any atom is 0.166 e. The Morgan fingerprint density at radius 3 is 2.53 bits per heavy atom. The molecular formula is C15H22BrNO2. The van der Waals surface area contributed by atoms with Crippen molar-refractivity contribution < 1.29 is 9.47 Å². The van der Waals surface area contributed by atoms with Crippen LogP contribution in [0, 0.1) is 0 Å². The molecule has 0 amide bonds. The fourth-order valence-electron chi connectivity index (χ4n) is 2.79. The van der Waals surface area contributed by atoms with Crippen LogP contribution in [0.15, 0.2) is 10.5 Å². The topological polar surface area (TPSA) is 44.5 Å². The average Bonchev–Trinajstić information content (AvgIpc) is 2.37. The van der Waals surface area contributed by atoms with Crippen LogP contribution in [0.3, 0.4) is 0 Å². The molecule has 0 fully saturated rings. The van der Waals surface area contributed by atoms with Crippen LogP contribution in [0.25, 0.3) is 0 Å². The fraction of sp³-hybridized carbons (Fsp3) is 0.600. The summed E-state index contributed by atoms with van der Waals surface area (Å²) < 4.78 is 12.6. The molecule has 2 rings (SSSR count). The van der Waals surface area contributed by atoms with Gasteiger partial charge in [0.25, 0.3) is 0 Å². The number of fused-ring (bicyclic) bond motifs is 1. The second-order valence-corrected chi connectivity index (χ2v) is 5.82. The molecule has 1 aromatic rings. The highest BCUT2D eigenvalue weighted by molar-refractivity contribution is 9.10. The predicted molar refractivity (Wildman–Crippen MR) is 81.1 cm³/mol. The molecule has 106 valence electrons. The third kappa shape index (κ3) is 2.75. The maximum atomic E-state index is 6.32. The summed E-state index contributed by atoms with van der Waals surface area (Å²) in [5.74, 6) is 2.13. The average molecular weight is 328 g/mol. The molecule has 0 heterocycles. The summed E-state index contributed by atoms with van der Waals surface area (Å²) >= 11 is 3.66. The van der Waals surface area contributed by atoms with Crippen LogP contribution in [-0.4, -0.2) is 13.2 Å². The Labute approximate surface area is 123 Å². The zero-order chi connectivity index (χ0) is 14.0. The molecule has 0 saturated carbocycles. The summed E-state index contributed by atoms with van der Waals surface area (Å²) in [7, 11) is 0. The van der Waals surface area contributed by atoms with Crippen LogP contribution < -0.4 is 15.2 Å². The SMILES string of the molecule is CCOc1cc(Br)c2c(c1OCC)[C@H](N)CCC2C. The van der Waals surface area contributed by atoms with E-state index in [4.69, 9.17) is 15.2 Å². The molecule has 2 N–H and O–H groups in total. The minimum atomic E-state index is 0.0319. The van der Waals surface area contributed by atoms with Gasteiger partial charge in [-0.15, -0.1) is 0 Å². The summed E-state index contributed by atoms with van der Waals surface area (Å²) in [6.45, 7) is 7.45. The zero-order valence-electron chi connectivity index (χ0n) is 11.8. The number of benzene rings is 1. The Hall–Kier alpha value is -0.740. The van der Waals surface area contributed by atoms with Gasteiger partial charge in [0.1, 0.15) is 0 Å². The van der Waals surface area contributed by atoms with Crippen LogP contribution >= 0.6 is 15.9 Å². The lowest BCUT2D eigenvalue weighted by molar-refractivity contribution is 0.280. The van der Waals surface area contributed by atoms with E-state index in [9.17, 15) is 0 Å². The molecule has 0 aliphatic heterocycles. The van der Waals surface area contributed by atoms with Gasteiger partial charge in [-0.3, -0.25) is 0 Å². The van der Waals surface area contributed by atoms with Gasteiger partial charge in [-0.25, -0.2) is 0 Å². The van der Waals surface area contributed by atoms with E-state index < -0.39 is 0 Å². The zero-order valence-corrected chi connectivity index (χ0v) is 13.4. The second kappa shape index (κ2) is 6.14. The third-order valence-electron chi connectivity index (χ3n) is 3.64. The Morgan fingerprint density at radius 2 is 1.89 bits per heavy atom. The van der Waals surface area contributed by atoms with Gasteiger partial charge in [-0.05, 0) is 44.2 Å². The van der Waals surface area contributed by atoms with E-state index >= 15 is 0 Å². The standard InChI is InChI=1S/C15H22BrNO2/c1-4-18-12-8-10(16)13-9(3)6-7-11(17)14(13)15(12)19-5-2/h8-9,11H,4-7,17H2,1-3H3/t9?,11-/m1/s1. The number of hydrogen-bond acceptors (Lipinski definition) is 3. The van der Waals surface area contributed by atoms with E-state index in [1.165, 1.54) is 5.56 Å². The van der Waals surface area contributed by atoms with Gasteiger partial charge in [0.05, 0.1) is 13.2 Å². The number of halogens is 1. The Morgan fingerprint density at radius 1 is 1.21 bits per heavy atom. The molecule has 0 bridgehead atoms. The van der Waals surface area contributed by atoms with E-state index in [1.807, 2.05) is 19.9 Å². The molecule has 0 aromatic heterocycles. The molecule has 0 saturated heterocycles. The van der Waals surface area contributed by atoms with Crippen LogP contribution in [0.5, 0.6) is 11.5 Å². The van der Waals surface area contributed by atoms with Crippen molar-refractivity contribution in [3.63, 3.8) is 0 Å². The number of hydrogen-bond donors (Lipinski definition) is 1. The molecule has 1 aromatic carbocycles. The summed E-state index contributed by atoms with van der Waals surface area (Å²) in [6.07, 6.45) is 2.11. The van der Waals surface area contributed by atoms with Gasteiger partial charge >= 0.3 is 0 Å². The van der Waals surface area contributed by atoms with Gasteiger partial charge in [0, 0.05) is 16.1 Å². The Kier molecular flexibility index (Phi) is 4.74. The van der Waals surface area contributed by atoms with E-state index in [-0.39, 0.29) is 6.04 Å². The molecule has 1 aliphatic carbocycles. The van der Waals surface area contributed by atoms with Gasteiger partial charge in [-0.1, -0.05) is 22.9 Å². The first-order valence-corrected chi connectivity index (χ1v) is 7.76. The third-order valence-corrected chi connectivity index (χ3v) is 4.29. The monoisotopic (exact) mass is 327 g/mol. The highest BCUT2D eigenvalue weighted by Gasteiger charge is 2.30. The largest absolute Gasteiger partial charge is 0.490 e. The van der Waals surface area contributed by atoms with Gasteiger partial charge in [-0.2, -0.15) is 0 Å². The summed E-state index contributed by atoms with van der Waals surface area (Å²) in [5.41, 5.74) is 8.72. The predicted octanol–water partition coefficient (Wildman–Crippen LogP) is 4.14. The highest BCUT2D eigenvalue weighted by atomic mass is 79.9. The van der Waals surface area contributed by atoms with E-state index in [1.54, 1.807) is 0 Å².